The molecule has 4 aromatic rings. The van der Waals surface area contributed by atoms with Crippen LogP contribution in [-0.4, -0.2) is 31.7 Å². The lowest BCUT2D eigenvalue weighted by atomic mass is 9.81. The molecule has 3 N–H and O–H groups in total. The Morgan fingerprint density at radius 1 is 1.00 bits per heavy atom. The molecule has 2 aromatic heterocycles. The number of aromatic carboxylic acids is 1. The second kappa shape index (κ2) is 8.98. The Morgan fingerprint density at radius 2 is 1.66 bits per heavy atom. The number of carboxylic acid groups (broad SMARTS) is 1. The van der Waals surface area contributed by atoms with Crippen molar-refractivity contribution in [2.75, 3.05) is 0 Å². The molecule has 0 bridgehead atoms. The highest BCUT2D eigenvalue weighted by Gasteiger charge is 2.44. The summed E-state index contributed by atoms with van der Waals surface area (Å²) in [5.74, 6) is -1.99. The molecule has 0 aliphatic carbocycles. The molecular weight excluding hydrogens is 487 g/mol. The minimum atomic E-state index is -1.62. The van der Waals surface area contributed by atoms with Gasteiger partial charge in [-0.1, -0.05) is 74.3 Å². The number of fused-ring (bicyclic) bond motifs is 1. The standard InChI is InChI=1S/C26H24Cl2N4O3/c1-25(2,3)17-6-4-15(5-7-17)13-26(24(29)35,18-8-9-19(27)20(28)12-18)32-22-16(14-31-32)10-11-30-21(22)23(33)34/h4-12,14H,13H2,1-3H3,(H2,29,35)(H,33,34). The molecule has 7 nitrogen and oxygen atoms in total. The lowest BCUT2D eigenvalue weighted by molar-refractivity contribution is -0.125. The molecule has 0 fully saturated rings. The van der Waals surface area contributed by atoms with Crippen molar-refractivity contribution in [3.05, 3.63) is 93.4 Å². The number of carbonyl (C=O) groups is 2. The lowest BCUT2D eigenvalue weighted by Crippen LogP contribution is -2.50. The number of halogens is 2. The number of hydrogen-bond donors (Lipinski definition) is 2. The maximum absolute atomic E-state index is 13.4. The van der Waals surface area contributed by atoms with Gasteiger partial charge < -0.3 is 10.8 Å². The Labute approximate surface area is 212 Å². The first kappa shape index (κ1) is 24.7. The Kier molecular flexibility index (Phi) is 6.34. The van der Waals surface area contributed by atoms with Gasteiger partial charge in [0.25, 0.3) is 0 Å². The van der Waals surface area contributed by atoms with Crippen LogP contribution in [-0.2, 0) is 22.2 Å². The van der Waals surface area contributed by atoms with Crippen LogP contribution in [0.25, 0.3) is 10.9 Å². The van der Waals surface area contributed by atoms with Gasteiger partial charge in [0.2, 0.25) is 5.91 Å². The summed E-state index contributed by atoms with van der Waals surface area (Å²) in [6.07, 6.45) is 2.96. The maximum Gasteiger partial charge on any atom is 0.356 e. The molecule has 0 radical (unpaired) electrons. The largest absolute Gasteiger partial charge is 0.476 e. The quantitative estimate of drug-likeness (QED) is 0.370. The predicted molar refractivity (Wildman–Crippen MR) is 136 cm³/mol. The van der Waals surface area contributed by atoms with E-state index in [1.54, 1.807) is 24.3 Å². The Balaban J connectivity index is 2.02. The summed E-state index contributed by atoms with van der Waals surface area (Å²) < 4.78 is 1.35. The summed E-state index contributed by atoms with van der Waals surface area (Å²) >= 11 is 12.5. The zero-order valence-corrected chi connectivity index (χ0v) is 20.9. The summed E-state index contributed by atoms with van der Waals surface area (Å²) in [5.41, 5.74) is 6.71. The molecular formula is C26H24Cl2N4O3. The lowest BCUT2D eigenvalue weighted by Gasteiger charge is -2.33. The summed E-state index contributed by atoms with van der Waals surface area (Å²) in [5, 5.41) is 15.3. The zero-order chi connectivity index (χ0) is 25.5. The minimum Gasteiger partial charge on any atom is -0.476 e. The molecule has 0 saturated heterocycles. The average Bonchev–Trinajstić information content (AvgIpc) is 3.23. The molecule has 1 unspecified atom stereocenters. The van der Waals surface area contributed by atoms with Gasteiger partial charge in [-0.05, 0) is 40.3 Å². The highest BCUT2D eigenvalue weighted by molar-refractivity contribution is 6.42. The molecule has 1 atom stereocenters. The van der Waals surface area contributed by atoms with E-state index in [1.165, 1.54) is 17.1 Å². The second-order valence-electron chi connectivity index (χ2n) is 9.44. The summed E-state index contributed by atoms with van der Waals surface area (Å²) in [4.78, 5) is 29.4. The monoisotopic (exact) mass is 510 g/mol. The van der Waals surface area contributed by atoms with E-state index in [4.69, 9.17) is 28.9 Å². The van der Waals surface area contributed by atoms with Gasteiger partial charge in [0.15, 0.2) is 11.2 Å². The molecule has 0 spiro atoms. The molecule has 0 saturated carbocycles. The molecule has 2 aromatic carbocycles. The fraction of sp³-hybridized carbons (Fsp3) is 0.231. The Morgan fingerprint density at radius 3 is 2.23 bits per heavy atom. The van der Waals surface area contributed by atoms with Crippen LogP contribution in [0.4, 0.5) is 0 Å². The van der Waals surface area contributed by atoms with Crippen LogP contribution in [0.5, 0.6) is 0 Å². The third kappa shape index (κ3) is 4.37. The molecule has 35 heavy (non-hydrogen) atoms. The molecule has 9 heteroatoms. The fourth-order valence-electron chi connectivity index (χ4n) is 4.22. The third-order valence-electron chi connectivity index (χ3n) is 6.13. The SMILES string of the molecule is CC(C)(C)c1ccc(CC(C(N)=O)(c2ccc(Cl)c(Cl)c2)n2ncc3ccnc(C(=O)O)c32)cc1. The van der Waals surface area contributed by atoms with Crippen molar-refractivity contribution >= 4 is 46.0 Å². The van der Waals surface area contributed by atoms with Crippen LogP contribution in [0.2, 0.25) is 10.0 Å². The van der Waals surface area contributed by atoms with Crippen molar-refractivity contribution < 1.29 is 14.7 Å². The highest BCUT2D eigenvalue weighted by Crippen LogP contribution is 2.37. The number of hydrogen-bond acceptors (Lipinski definition) is 4. The van der Waals surface area contributed by atoms with Crippen molar-refractivity contribution in [2.45, 2.75) is 38.1 Å². The van der Waals surface area contributed by atoms with Crippen molar-refractivity contribution in [3.63, 3.8) is 0 Å². The highest BCUT2D eigenvalue weighted by atomic mass is 35.5. The predicted octanol–water partition coefficient (Wildman–Crippen LogP) is 5.21. The van der Waals surface area contributed by atoms with E-state index < -0.39 is 17.4 Å². The van der Waals surface area contributed by atoms with E-state index in [9.17, 15) is 14.7 Å². The van der Waals surface area contributed by atoms with Crippen molar-refractivity contribution in [1.29, 1.82) is 0 Å². The fourth-order valence-corrected chi connectivity index (χ4v) is 4.52. The van der Waals surface area contributed by atoms with Gasteiger partial charge in [0, 0.05) is 18.0 Å². The number of pyridine rings is 1. The van der Waals surface area contributed by atoms with Crippen LogP contribution in [0.3, 0.4) is 0 Å². The van der Waals surface area contributed by atoms with Crippen molar-refractivity contribution in [1.82, 2.24) is 14.8 Å². The molecule has 180 valence electrons. The molecule has 1 amide bonds. The van der Waals surface area contributed by atoms with E-state index >= 15 is 0 Å². The first-order chi connectivity index (χ1) is 16.4. The zero-order valence-electron chi connectivity index (χ0n) is 19.4. The number of aromatic nitrogens is 3. The summed E-state index contributed by atoms with van der Waals surface area (Å²) in [6.45, 7) is 6.34. The first-order valence-electron chi connectivity index (χ1n) is 10.9. The normalized spacial score (nSPS) is 13.5. The summed E-state index contributed by atoms with van der Waals surface area (Å²) in [6, 6.07) is 14.3. The van der Waals surface area contributed by atoms with Gasteiger partial charge in [-0.25, -0.2) is 14.5 Å². The Bertz CT molecular complexity index is 1440. The number of nitrogens with two attached hydrogens (primary N) is 1. The third-order valence-corrected chi connectivity index (χ3v) is 6.87. The first-order valence-corrected chi connectivity index (χ1v) is 11.6. The number of rotatable bonds is 6. The molecule has 0 aliphatic heterocycles. The van der Waals surface area contributed by atoms with E-state index in [0.29, 0.717) is 16.0 Å². The number of nitrogens with zero attached hydrogens (tertiary/aromatic N) is 3. The van der Waals surface area contributed by atoms with E-state index in [2.05, 4.69) is 30.9 Å². The van der Waals surface area contributed by atoms with Crippen LogP contribution >= 0.6 is 23.2 Å². The van der Waals surface area contributed by atoms with Crippen LogP contribution < -0.4 is 5.73 Å². The number of primary amides is 1. The number of amides is 1. The van der Waals surface area contributed by atoms with E-state index in [-0.39, 0.29) is 28.1 Å². The van der Waals surface area contributed by atoms with E-state index in [0.717, 1.165) is 11.1 Å². The number of carbonyl (C=O) groups excluding carboxylic acids is 1. The smallest absolute Gasteiger partial charge is 0.356 e. The Hall–Kier alpha value is -3.42. The minimum absolute atomic E-state index is 0.0523. The van der Waals surface area contributed by atoms with Crippen LogP contribution in [0, 0.1) is 0 Å². The maximum atomic E-state index is 13.4. The summed E-state index contributed by atoms with van der Waals surface area (Å²) in [7, 11) is 0. The van der Waals surface area contributed by atoms with Gasteiger partial charge in [-0.3, -0.25) is 4.79 Å². The van der Waals surface area contributed by atoms with Gasteiger partial charge >= 0.3 is 5.97 Å². The van der Waals surface area contributed by atoms with E-state index in [1.807, 2.05) is 24.3 Å². The number of carboxylic acids is 1. The molecule has 2 heterocycles. The van der Waals surface area contributed by atoms with Crippen molar-refractivity contribution in [2.24, 2.45) is 5.73 Å². The second-order valence-corrected chi connectivity index (χ2v) is 10.3. The molecule has 0 aliphatic rings. The van der Waals surface area contributed by atoms with Gasteiger partial charge in [0.05, 0.1) is 16.2 Å². The van der Waals surface area contributed by atoms with Gasteiger partial charge in [0.1, 0.15) is 5.52 Å². The van der Waals surface area contributed by atoms with Crippen LogP contribution in [0.1, 0.15) is 48.0 Å². The van der Waals surface area contributed by atoms with Crippen molar-refractivity contribution in [3.8, 4) is 0 Å². The topological polar surface area (TPSA) is 111 Å². The van der Waals surface area contributed by atoms with Gasteiger partial charge in [-0.15, -0.1) is 0 Å². The number of benzene rings is 2. The van der Waals surface area contributed by atoms with Crippen LogP contribution in [0.15, 0.2) is 60.9 Å². The van der Waals surface area contributed by atoms with Gasteiger partial charge in [-0.2, -0.15) is 5.10 Å². The molecule has 4 rings (SSSR count). The average molecular weight is 511 g/mol.